The van der Waals surface area contributed by atoms with Crippen LogP contribution < -0.4 is 10.1 Å². The van der Waals surface area contributed by atoms with Gasteiger partial charge in [-0.3, -0.25) is 9.59 Å². The largest absolute Gasteiger partial charge is 0.484 e. The molecule has 3 aromatic carbocycles. The molecule has 3 rings (SSSR count). The van der Waals surface area contributed by atoms with Crippen molar-refractivity contribution in [2.45, 2.75) is 19.4 Å². The van der Waals surface area contributed by atoms with Gasteiger partial charge >= 0.3 is 0 Å². The highest BCUT2D eigenvalue weighted by atomic mass is 16.5. The minimum Gasteiger partial charge on any atom is -0.484 e. The first-order valence-electron chi connectivity index (χ1n) is 9.15. The fourth-order valence-electron chi connectivity index (χ4n) is 3.12. The van der Waals surface area contributed by atoms with Crippen molar-refractivity contribution in [3.05, 3.63) is 102 Å². The SMILES string of the molecule is CC(=O)c1cccc(OCC(=O)NC(C)(c2ccccc2)c2ccccc2)c1. The Labute approximate surface area is 165 Å². The molecule has 3 aromatic rings. The summed E-state index contributed by atoms with van der Waals surface area (Å²) < 4.78 is 5.61. The van der Waals surface area contributed by atoms with E-state index < -0.39 is 5.54 Å². The van der Waals surface area contributed by atoms with Gasteiger partial charge in [0.25, 0.3) is 5.91 Å². The number of carbonyl (C=O) groups excluding carboxylic acids is 2. The van der Waals surface area contributed by atoms with Crippen LogP contribution >= 0.6 is 0 Å². The highest BCUT2D eigenvalue weighted by Gasteiger charge is 2.30. The topological polar surface area (TPSA) is 55.4 Å². The van der Waals surface area contributed by atoms with E-state index in [0.717, 1.165) is 11.1 Å². The van der Waals surface area contributed by atoms with Crippen LogP contribution in [0.25, 0.3) is 0 Å². The number of carbonyl (C=O) groups is 2. The molecule has 0 bridgehead atoms. The van der Waals surface area contributed by atoms with Gasteiger partial charge in [0.05, 0.1) is 5.54 Å². The first-order chi connectivity index (χ1) is 13.5. The second kappa shape index (κ2) is 8.53. The zero-order valence-electron chi connectivity index (χ0n) is 16.0. The Hall–Kier alpha value is -3.40. The highest BCUT2D eigenvalue weighted by Crippen LogP contribution is 2.29. The van der Waals surface area contributed by atoms with E-state index >= 15 is 0 Å². The third-order valence-corrected chi connectivity index (χ3v) is 4.70. The number of hydrogen-bond acceptors (Lipinski definition) is 3. The summed E-state index contributed by atoms with van der Waals surface area (Å²) >= 11 is 0. The van der Waals surface area contributed by atoms with Crippen LogP contribution in [0.5, 0.6) is 5.75 Å². The smallest absolute Gasteiger partial charge is 0.258 e. The third-order valence-electron chi connectivity index (χ3n) is 4.70. The van der Waals surface area contributed by atoms with Gasteiger partial charge in [-0.05, 0) is 37.1 Å². The first kappa shape index (κ1) is 19.4. The molecule has 0 heterocycles. The summed E-state index contributed by atoms with van der Waals surface area (Å²) in [5.41, 5.74) is 1.82. The fraction of sp³-hybridized carbons (Fsp3) is 0.167. The van der Waals surface area contributed by atoms with Crippen molar-refractivity contribution >= 4 is 11.7 Å². The zero-order chi connectivity index (χ0) is 20.0. The molecular formula is C24H23NO3. The molecule has 1 amide bonds. The van der Waals surface area contributed by atoms with Gasteiger partial charge < -0.3 is 10.1 Å². The molecule has 0 aromatic heterocycles. The van der Waals surface area contributed by atoms with Gasteiger partial charge in [0.2, 0.25) is 0 Å². The summed E-state index contributed by atoms with van der Waals surface area (Å²) in [5, 5.41) is 3.10. The molecule has 4 heteroatoms. The monoisotopic (exact) mass is 373 g/mol. The Morgan fingerprint density at radius 2 is 1.43 bits per heavy atom. The Morgan fingerprint density at radius 1 is 0.857 bits per heavy atom. The number of ether oxygens (including phenoxy) is 1. The van der Waals surface area contributed by atoms with Crippen molar-refractivity contribution in [1.29, 1.82) is 0 Å². The Morgan fingerprint density at radius 3 is 1.96 bits per heavy atom. The maximum Gasteiger partial charge on any atom is 0.258 e. The molecule has 0 unspecified atom stereocenters. The van der Waals surface area contributed by atoms with Crippen molar-refractivity contribution in [3.63, 3.8) is 0 Å². The van der Waals surface area contributed by atoms with E-state index in [2.05, 4.69) is 5.32 Å². The summed E-state index contributed by atoms with van der Waals surface area (Å²) in [6, 6.07) is 26.5. The summed E-state index contributed by atoms with van der Waals surface area (Å²) in [6.45, 7) is 3.33. The third kappa shape index (κ3) is 4.46. The van der Waals surface area contributed by atoms with Crippen LogP contribution in [-0.4, -0.2) is 18.3 Å². The van der Waals surface area contributed by atoms with E-state index in [4.69, 9.17) is 4.74 Å². The fourth-order valence-corrected chi connectivity index (χ4v) is 3.12. The zero-order valence-corrected chi connectivity index (χ0v) is 16.0. The lowest BCUT2D eigenvalue weighted by molar-refractivity contribution is -0.124. The maximum absolute atomic E-state index is 12.7. The summed E-state index contributed by atoms with van der Waals surface area (Å²) in [7, 11) is 0. The lowest BCUT2D eigenvalue weighted by atomic mass is 9.84. The van der Waals surface area contributed by atoms with Crippen molar-refractivity contribution in [2.24, 2.45) is 0 Å². The van der Waals surface area contributed by atoms with Crippen molar-refractivity contribution in [1.82, 2.24) is 5.32 Å². The van der Waals surface area contributed by atoms with Gasteiger partial charge in [-0.2, -0.15) is 0 Å². The molecule has 4 nitrogen and oxygen atoms in total. The van der Waals surface area contributed by atoms with Gasteiger partial charge in [-0.1, -0.05) is 72.8 Å². The number of ketones is 1. The van der Waals surface area contributed by atoms with Crippen molar-refractivity contribution in [3.8, 4) is 5.75 Å². The van der Waals surface area contributed by atoms with Crippen molar-refractivity contribution < 1.29 is 14.3 Å². The van der Waals surface area contributed by atoms with Crippen LogP contribution in [0.4, 0.5) is 0 Å². The van der Waals surface area contributed by atoms with E-state index in [-0.39, 0.29) is 18.3 Å². The number of Topliss-reactive ketones (excluding diaryl/α,β-unsaturated/α-hetero) is 1. The van der Waals surface area contributed by atoms with Crippen LogP contribution in [-0.2, 0) is 10.3 Å². The number of benzene rings is 3. The predicted octanol–water partition coefficient (Wildman–Crippen LogP) is 4.35. The van der Waals surface area contributed by atoms with Crippen LogP contribution in [0, 0.1) is 0 Å². The Kier molecular flexibility index (Phi) is 5.90. The minimum absolute atomic E-state index is 0.0457. The standard InChI is InChI=1S/C24H23NO3/c1-18(26)19-10-9-15-22(16-19)28-17-23(27)25-24(2,20-11-5-3-6-12-20)21-13-7-4-8-14-21/h3-16H,17H2,1-2H3,(H,25,27). The van der Waals surface area contributed by atoms with Gasteiger partial charge in [0, 0.05) is 5.56 Å². The molecule has 28 heavy (non-hydrogen) atoms. The number of hydrogen-bond donors (Lipinski definition) is 1. The van der Waals surface area contributed by atoms with Gasteiger partial charge in [-0.15, -0.1) is 0 Å². The molecule has 0 saturated heterocycles. The van der Waals surface area contributed by atoms with Crippen LogP contribution in [0.1, 0.15) is 35.3 Å². The average Bonchev–Trinajstić information content (AvgIpc) is 2.73. The van der Waals surface area contributed by atoms with Gasteiger partial charge in [0.1, 0.15) is 5.75 Å². The first-order valence-corrected chi connectivity index (χ1v) is 9.15. The molecule has 0 fully saturated rings. The lowest BCUT2D eigenvalue weighted by Crippen LogP contribution is -2.46. The normalized spacial score (nSPS) is 10.9. The van der Waals surface area contributed by atoms with Crippen molar-refractivity contribution in [2.75, 3.05) is 6.61 Å². The Balaban J connectivity index is 1.77. The second-order valence-electron chi connectivity index (χ2n) is 6.78. The number of nitrogens with one attached hydrogen (secondary N) is 1. The second-order valence-corrected chi connectivity index (χ2v) is 6.78. The molecule has 0 aliphatic carbocycles. The number of amides is 1. The molecule has 0 saturated carbocycles. The maximum atomic E-state index is 12.7. The molecular weight excluding hydrogens is 350 g/mol. The lowest BCUT2D eigenvalue weighted by Gasteiger charge is -2.32. The van der Waals surface area contributed by atoms with E-state index in [1.165, 1.54) is 6.92 Å². The predicted molar refractivity (Wildman–Crippen MR) is 109 cm³/mol. The summed E-state index contributed by atoms with van der Waals surface area (Å²) in [6.07, 6.45) is 0. The van der Waals surface area contributed by atoms with E-state index in [9.17, 15) is 9.59 Å². The highest BCUT2D eigenvalue weighted by molar-refractivity contribution is 5.94. The molecule has 0 aliphatic rings. The van der Waals surface area contributed by atoms with E-state index in [1.807, 2.05) is 67.6 Å². The molecule has 0 spiro atoms. The molecule has 0 radical (unpaired) electrons. The van der Waals surface area contributed by atoms with Crippen LogP contribution in [0.3, 0.4) is 0 Å². The molecule has 142 valence electrons. The summed E-state index contributed by atoms with van der Waals surface area (Å²) in [4.78, 5) is 24.2. The minimum atomic E-state index is -0.690. The van der Waals surface area contributed by atoms with E-state index in [1.54, 1.807) is 24.3 Å². The van der Waals surface area contributed by atoms with Crippen LogP contribution in [0.2, 0.25) is 0 Å². The van der Waals surface area contributed by atoms with Gasteiger partial charge in [-0.25, -0.2) is 0 Å². The van der Waals surface area contributed by atoms with Crippen LogP contribution in [0.15, 0.2) is 84.9 Å². The number of rotatable bonds is 7. The molecule has 0 aliphatic heterocycles. The summed E-state index contributed by atoms with van der Waals surface area (Å²) in [5.74, 6) is 0.197. The van der Waals surface area contributed by atoms with Gasteiger partial charge in [0.15, 0.2) is 12.4 Å². The molecule has 0 atom stereocenters. The average molecular weight is 373 g/mol. The molecule has 1 N–H and O–H groups in total. The van der Waals surface area contributed by atoms with E-state index in [0.29, 0.717) is 11.3 Å². The Bertz CT molecular complexity index is 912. The quantitative estimate of drug-likeness (QED) is 0.627.